The molecule has 1 nitrogen and oxygen atoms in total. The fraction of sp³-hybridized carbons (Fsp3) is 0.667. The molecule has 3 unspecified atom stereocenters. The highest BCUT2D eigenvalue weighted by atomic mass is 19.1. The maximum atomic E-state index is 14.6. The first-order valence-corrected chi connectivity index (χ1v) is 7.91. The lowest BCUT2D eigenvalue weighted by Crippen LogP contribution is -2.48. The molecule has 1 saturated carbocycles. The molecule has 3 heteroatoms. The summed E-state index contributed by atoms with van der Waals surface area (Å²) in [6, 6.07) is 3.22. The first-order valence-electron chi connectivity index (χ1n) is 7.91. The summed E-state index contributed by atoms with van der Waals surface area (Å²) in [5.74, 6) is 0.108. The van der Waals surface area contributed by atoms with Gasteiger partial charge in [-0.25, -0.2) is 8.78 Å². The zero-order valence-electron chi connectivity index (χ0n) is 13.8. The molecule has 0 amide bonds. The minimum atomic E-state index is -0.520. The van der Waals surface area contributed by atoms with E-state index in [1.807, 2.05) is 20.9 Å². The molecular formula is C18H27F2N. The van der Waals surface area contributed by atoms with Crippen molar-refractivity contribution in [3.05, 3.63) is 34.9 Å². The van der Waals surface area contributed by atoms with Gasteiger partial charge in [0.05, 0.1) is 0 Å². The topological polar surface area (TPSA) is 12.0 Å². The summed E-state index contributed by atoms with van der Waals surface area (Å²) in [5, 5.41) is 3.37. The minimum absolute atomic E-state index is 0.240. The average molecular weight is 295 g/mol. The van der Waals surface area contributed by atoms with E-state index in [-0.39, 0.29) is 17.3 Å². The minimum Gasteiger partial charge on any atom is -0.317 e. The molecule has 1 N–H and O–H groups in total. The van der Waals surface area contributed by atoms with Crippen molar-refractivity contribution in [2.24, 2.45) is 11.8 Å². The SMILES string of the molecule is CNC1CC(C)CCC1C(C)(C)c1c(F)ccc(C)c1F. The van der Waals surface area contributed by atoms with Crippen LogP contribution in [0.5, 0.6) is 0 Å². The van der Waals surface area contributed by atoms with Gasteiger partial charge < -0.3 is 5.32 Å². The van der Waals surface area contributed by atoms with Crippen molar-refractivity contribution in [3.8, 4) is 0 Å². The Labute approximate surface area is 127 Å². The lowest BCUT2D eigenvalue weighted by molar-refractivity contribution is 0.146. The van der Waals surface area contributed by atoms with E-state index < -0.39 is 11.2 Å². The highest BCUT2D eigenvalue weighted by Crippen LogP contribution is 2.44. The number of benzene rings is 1. The third-order valence-electron chi connectivity index (χ3n) is 5.34. The summed E-state index contributed by atoms with van der Waals surface area (Å²) < 4.78 is 28.9. The molecule has 1 aliphatic carbocycles. The van der Waals surface area contributed by atoms with E-state index in [9.17, 15) is 8.78 Å². The van der Waals surface area contributed by atoms with Crippen LogP contribution < -0.4 is 5.32 Å². The second kappa shape index (κ2) is 6.04. The van der Waals surface area contributed by atoms with E-state index in [2.05, 4.69) is 12.2 Å². The summed E-state index contributed by atoms with van der Waals surface area (Å²) in [6.07, 6.45) is 3.20. The van der Waals surface area contributed by atoms with Crippen LogP contribution in [0.3, 0.4) is 0 Å². The van der Waals surface area contributed by atoms with Crippen LogP contribution in [-0.2, 0) is 5.41 Å². The van der Waals surface area contributed by atoms with Gasteiger partial charge in [0.2, 0.25) is 0 Å². The summed E-state index contributed by atoms with van der Waals surface area (Å²) >= 11 is 0. The Kier molecular flexibility index (Phi) is 4.72. The van der Waals surface area contributed by atoms with Gasteiger partial charge >= 0.3 is 0 Å². The van der Waals surface area contributed by atoms with Crippen LogP contribution in [0, 0.1) is 30.4 Å². The number of aryl methyl sites for hydroxylation is 1. The maximum Gasteiger partial charge on any atom is 0.132 e. The van der Waals surface area contributed by atoms with Crippen LogP contribution >= 0.6 is 0 Å². The van der Waals surface area contributed by atoms with Gasteiger partial charge in [-0.2, -0.15) is 0 Å². The van der Waals surface area contributed by atoms with Gasteiger partial charge in [-0.1, -0.05) is 33.3 Å². The molecule has 0 spiro atoms. The molecule has 118 valence electrons. The molecule has 21 heavy (non-hydrogen) atoms. The van der Waals surface area contributed by atoms with Crippen LogP contribution in [-0.4, -0.2) is 13.1 Å². The number of halogens is 2. The Bertz CT molecular complexity index is 510. The third kappa shape index (κ3) is 2.98. The average Bonchev–Trinajstić information content (AvgIpc) is 2.42. The summed E-state index contributed by atoms with van der Waals surface area (Å²) in [5.41, 5.74) is 0.250. The number of hydrogen-bond donors (Lipinski definition) is 1. The highest BCUT2D eigenvalue weighted by Gasteiger charge is 2.42. The van der Waals surface area contributed by atoms with Crippen LogP contribution in [0.25, 0.3) is 0 Å². The predicted octanol–water partition coefficient (Wildman–Crippen LogP) is 4.58. The molecular weight excluding hydrogens is 268 g/mol. The van der Waals surface area contributed by atoms with Gasteiger partial charge in [0.1, 0.15) is 11.6 Å². The molecule has 3 atom stereocenters. The molecule has 0 bridgehead atoms. The number of nitrogens with one attached hydrogen (secondary N) is 1. The standard InChI is InChI=1S/C18H27F2N/c1-11-6-8-13(15(10-11)21-5)18(3,4)16-14(19)9-7-12(2)17(16)20/h7,9,11,13,15,21H,6,8,10H2,1-5H3. The molecule has 1 fully saturated rings. The monoisotopic (exact) mass is 295 g/mol. The van der Waals surface area contributed by atoms with E-state index in [0.717, 1.165) is 19.3 Å². The first-order chi connectivity index (χ1) is 9.78. The third-order valence-corrected chi connectivity index (χ3v) is 5.34. The Morgan fingerprint density at radius 2 is 1.86 bits per heavy atom. The van der Waals surface area contributed by atoms with Crippen molar-refractivity contribution in [1.29, 1.82) is 0 Å². The second-order valence-corrected chi connectivity index (χ2v) is 7.19. The van der Waals surface area contributed by atoms with Gasteiger partial charge in [-0.15, -0.1) is 0 Å². The zero-order chi connectivity index (χ0) is 15.8. The Balaban J connectivity index is 2.44. The zero-order valence-corrected chi connectivity index (χ0v) is 13.8. The Hall–Kier alpha value is -0.960. The largest absolute Gasteiger partial charge is 0.317 e. The van der Waals surface area contributed by atoms with Crippen molar-refractivity contribution in [2.45, 2.75) is 58.4 Å². The number of rotatable bonds is 3. The summed E-state index contributed by atoms with van der Waals surface area (Å²) in [6.45, 7) is 7.92. The van der Waals surface area contributed by atoms with Crippen LogP contribution in [0.15, 0.2) is 12.1 Å². The summed E-state index contributed by atoms with van der Waals surface area (Å²) in [7, 11) is 1.95. The molecule has 0 saturated heterocycles. The fourth-order valence-corrected chi connectivity index (χ4v) is 4.00. The smallest absolute Gasteiger partial charge is 0.132 e. The van der Waals surface area contributed by atoms with Crippen LogP contribution in [0.2, 0.25) is 0 Å². The Morgan fingerprint density at radius 1 is 1.19 bits per heavy atom. The van der Waals surface area contributed by atoms with Crippen molar-refractivity contribution in [2.75, 3.05) is 7.05 Å². The van der Waals surface area contributed by atoms with E-state index in [0.29, 0.717) is 17.5 Å². The van der Waals surface area contributed by atoms with Crippen molar-refractivity contribution in [3.63, 3.8) is 0 Å². The van der Waals surface area contributed by atoms with Gasteiger partial charge in [-0.05, 0) is 55.7 Å². The molecule has 1 aromatic rings. The first kappa shape index (κ1) is 16.4. The molecule has 2 rings (SSSR count). The molecule has 1 aliphatic rings. The lowest BCUT2D eigenvalue weighted by atomic mass is 9.63. The summed E-state index contributed by atoms with van der Waals surface area (Å²) in [4.78, 5) is 0. The normalized spacial score (nSPS) is 26.9. The predicted molar refractivity (Wildman–Crippen MR) is 83.5 cm³/mol. The van der Waals surface area contributed by atoms with E-state index in [4.69, 9.17) is 0 Å². The quantitative estimate of drug-likeness (QED) is 0.861. The van der Waals surface area contributed by atoms with Gasteiger partial charge in [0.15, 0.2) is 0 Å². The fourth-order valence-electron chi connectivity index (χ4n) is 4.00. The van der Waals surface area contributed by atoms with Gasteiger partial charge in [-0.3, -0.25) is 0 Å². The Morgan fingerprint density at radius 3 is 2.48 bits per heavy atom. The molecule has 0 radical (unpaired) electrons. The maximum absolute atomic E-state index is 14.6. The lowest BCUT2D eigenvalue weighted by Gasteiger charge is -2.44. The van der Waals surface area contributed by atoms with E-state index in [1.165, 1.54) is 12.1 Å². The molecule has 1 aromatic carbocycles. The second-order valence-electron chi connectivity index (χ2n) is 7.19. The van der Waals surface area contributed by atoms with Crippen molar-refractivity contribution >= 4 is 0 Å². The van der Waals surface area contributed by atoms with Crippen molar-refractivity contribution in [1.82, 2.24) is 5.32 Å². The molecule has 0 aromatic heterocycles. The van der Waals surface area contributed by atoms with Crippen LogP contribution in [0.4, 0.5) is 8.78 Å². The highest BCUT2D eigenvalue weighted by molar-refractivity contribution is 5.33. The van der Waals surface area contributed by atoms with Crippen molar-refractivity contribution < 1.29 is 8.78 Å². The number of hydrogen-bond acceptors (Lipinski definition) is 1. The van der Waals surface area contributed by atoms with Gasteiger partial charge in [0.25, 0.3) is 0 Å². The van der Waals surface area contributed by atoms with E-state index >= 15 is 0 Å². The van der Waals surface area contributed by atoms with E-state index in [1.54, 1.807) is 6.92 Å². The molecule has 0 heterocycles. The van der Waals surface area contributed by atoms with Gasteiger partial charge in [0, 0.05) is 11.6 Å². The molecule has 0 aliphatic heterocycles. The van der Waals surface area contributed by atoms with Crippen LogP contribution in [0.1, 0.15) is 51.2 Å².